The molecule has 4 rings (SSSR count). The van der Waals surface area contributed by atoms with E-state index in [9.17, 15) is 21.6 Å². The molecule has 5 nitrogen and oxygen atoms in total. The molecule has 0 amide bonds. The van der Waals surface area contributed by atoms with Crippen LogP contribution < -0.4 is 9.47 Å². The van der Waals surface area contributed by atoms with Gasteiger partial charge >= 0.3 is 6.18 Å². The lowest BCUT2D eigenvalue weighted by atomic mass is 10.0. The van der Waals surface area contributed by atoms with Crippen LogP contribution in [0.25, 0.3) is 0 Å². The molecule has 2 aromatic carbocycles. The number of fused-ring (bicyclic) bond motifs is 1. The number of hydrogen-bond donors (Lipinski definition) is 0. The lowest BCUT2D eigenvalue weighted by Gasteiger charge is -2.25. The second-order valence-electron chi connectivity index (χ2n) is 7.05. The van der Waals surface area contributed by atoms with Gasteiger partial charge in [-0.15, -0.1) is 0 Å². The highest BCUT2D eigenvalue weighted by Crippen LogP contribution is 2.40. The average molecular weight is 427 g/mol. The fourth-order valence-corrected chi connectivity index (χ4v) is 5.38. The predicted molar refractivity (Wildman–Crippen MR) is 99.4 cm³/mol. The Balaban J connectivity index is 1.63. The van der Waals surface area contributed by atoms with Crippen LogP contribution in [0.15, 0.2) is 47.4 Å². The van der Waals surface area contributed by atoms with Gasteiger partial charge in [-0.05, 0) is 54.8 Å². The lowest BCUT2D eigenvalue weighted by Crippen LogP contribution is -2.30. The molecule has 0 N–H and O–H groups in total. The van der Waals surface area contributed by atoms with Crippen molar-refractivity contribution in [2.75, 3.05) is 19.8 Å². The van der Waals surface area contributed by atoms with Crippen LogP contribution in [-0.4, -0.2) is 32.5 Å². The van der Waals surface area contributed by atoms with Gasteiger partial charge in [-0.1, -0.05) is 6.07 Å². The fraction of sp³-hybridized carbons (Fsp3) is 0.400. The van der Waals surface area contributed by atoms with Gasteiger partial charge in [-0.2, -0.15) is 17.5 Å². The smallest absolute Gasteiger partial charge is 0.416 e. The molecule has 1 saturated heterocycles. The Hall–Kier alpha value is -2.26. The zero-order valence-corrected chi connectivity index (χ0v) is 16.3. The summed E-state index contributed by atoms with van der Waals surface area (Å²) >= 11 is 0. The maximum Gasteiger partial charge on any atom is 0.416 e. The molecule has 0 spiro atoms. The number of benzene rings is 2. The molecule has 1 fully saturated rings. The minimum atomic E-state index is -4.51. The summed E-state index contributed by atoms with van der Waals surface area (Å²) < 4.78 is 77.3. The van der Waals surface area contributed by atoms with Crippen molar-refractivity contribution < 1.29 is 31.1 Å². The van der Waals surface area contributed by atoms with Crippen LogP contribution in [0, 0.1) is 0 Å². The molecular formula is C20H20F3NO4S. The maximum atomic E-state index is 13.1. The molecule has 1 atom stereocenters. The van der Waals surface area contributed by atoms with Gasteiger partial charge in [0, 0.05) is 13.0 Å². The van der Waals surface area contributed by atoms with E-state index in [1.54, 1.807) is 12.1 Å². The third-order valence-corrected chi connectivity index (χ3v) is 7.07. The normalized spacial score (nSPS) is 20.4. The van der Waals surface area contributed by atoms with E-state index in [1.807, 2.05) is 6.07 Å². The van der Waals surface area contributed by atoms with Crippen molar-refractivity contribution >= 4 is 10.0 Å². The predicted octanol–water partition coefficient (Wildman–Crippen LogP) is 4.39. The van der Waals surface area contributed by atoms with Gasteiger partial charge in [0.05, 0.1) is 29.7 Å². The molecule has 2 aliphatic heterocycles. The van der Waals surface area contributed by atoms with Gasteiger partial charge in [0.15, 0.2) is 11.5 Å². The number of hydrogen-bond acceptors (Lipinski definition) is 4. The fourth-order valence-electron chi connectivity index (χ4n) is 3.70. The first-order valence-electron chi connectivity index (χ1n) is 9.35. The lowest BCUT2D eigenvalue weighted by molar-refractivity contribution is -0.137. The molecule has 0 radical (unpaired) electrons. The number of rotatable bonds is 3. The first-order valence-corrected chi connectivity index (χ1v) is 10.8. The molecule has 1 unspecified atom stereocenters. The van der Waals surface area contributed by atoms with Gasteiger partial charge in [0.1, 0.15) is 0 Å². The number of alkyl halides is 3. The monoisotopic (exact) mass is 427 g/mol. The summed E-state index contributed by atoms with van der Waals surface area (Å²) in [7, 11) is -3.93. The van der Waals surface area contributed by atoms with Crippen LogP contribution in [0.3, 0.4) is 0 Å². The van der Waals surface area contributed by atoms with Gasteiger partial charge in [-0.25, -0.2) is 8.42 Å². The van der Waals surface area contributed by atoms with Crippen molar-refractivity contribution in [3.05, 3.63) is 53.6 Å². The summed E-state index contributed by atoms with van der Waals surface area (Å²) in [6.45, 7) is 1.39. The van der Waals surface area contributed by atoms with E-state index < -0.39 is 27.8 Å². The highest BCUT2D eigenvalue weighted by molar-refractivity contribution is 7.89. The molecule has 29 heavy (non-hydrogen) atoms. The van der Waals surface area contributed by atoms with Crippen LogP contribution in [0.1, 0.15) is 36.4 Å². The highest BCUT2D eigenvalue weighted by Gasteiger charge is 2.37. The molecule has 9 heteroatoms. The first-order chi connectivity index (χ1) is 13.8. The minimum Gasteiger partial charge on any atom is -0.490 e. The second kappa shape index (κ2) is 7.53. The number of sulfonamides is 1. The Morgan fingerprint density at radius 1 is 0.931 bits per heavy atom. The second-order valence-corrected chi connectivity index (χ2v) is 8.94. The van der Waals surface area contributed by atoms with E-state index >= 15 is 0 Å². The molecule has 0 aliphatic carbocycles. The topological polar surface area (TPSA) is 55.8 Å². The summed E-state index contributed by atoms with van der Waals surface area (Å²) in [6, 6.07) is 8.61. The molecule has 2 heterocycles. The molecule has 0 saturated carbocycles. The van der Waals surface area contributed by atoms with Gasteiger partial charge in [0.25, 0.3) is 0 Å². The zero-order chi connectivity index (χ0) is 20.6. The molecule has 2 aromatic rings. The minimum absolute atomic E-state index is 0.147. The number of halogens is 3. The highest BCUT2D eigenvalue weighted by atomic mass is 32.2. The van der Waals surface area contributed by atoms with Crippen molar-refractivity contribution in [2.24, 2.45) is 0 Å². The van der Waals surface area contributed by atoms with E-state index in [0.717, 1.165) is 36.2 Å². The zero-order valence-electron chi connectivity index (χ0n) is 15.5. The molecular weight excluding hydrogens is 407 g/mol. The van der Waals surface area contributed by atoms with Gasteiger partial charge in [0.2, 0.25) is 10.0 Å². The van der Waals surface area contributed by atoms with E-state index in [1.165, 1.54) is 4.31 Å². The number of ether oxygens (including phenoxy) is 2. The van der Waals surface area contributed by atoms with Crippen LogP contribution in [0.2, 0.25) is 0 Å². The van der Waals surface area contributed by atoms with Crippen molar-refractivity contribution in [1.82, 2.24) is 4.31 Å². The van der Waals surface area contributed by atoms with Crippen molar-refractivity contribution in [3.8, 4) is 11.5 Å². The third-order valence-electron chi connectivity index (χ3n) is 5.15. The standard InChI is InChI=1S/C20H20F3NO4S/c21-20(22,23)15-5-7-16(8-6-15)29(25,26)24-10-1-3-17(24)14-4-9-18-19(13-14)28-12-2-11-27-18/h4-9,13,17H,1-3,10-12H2. The van der Waals surface area contributed by atoms with Gasteiger partial charge in [-0.3, -0.25) is 0 Å². The van der Waals surface area contributed by atoms with E-state index in [4.69, 9.17) is 9.47 Å². The Kier molecular flexibility index (Phi) is 5.20. The SMILES string of the molecule is O=S(=O)(c1ccc(C(F)(F)F)cc1)N1CCCC1c1ccc2c(c1)OCCCO2. The Morgan fingerprint density at radius 3 is 2.31 bits per heavy atom. The summed E-state index contributed by atoms with van der Waals surface area (Å²) in [6.07, 6.45) is -2.46. The summed E-state index contributed by atoms with van der Waals surface area (Å²) in [4.78, 5) is -0.147. The Labute approximate surface area is 167 Å². The quantitative estimate of drug-likeness (QED) is 0.729. The molecule has 0 bridgehead atoms. The summed E-state index contributed by atoms with van der Waals surface area (Å²) in [5.74, 6) is 1.21. The van der Waals surface area contributed by atoms with Crippen LogP contribution in [0.4, 0.5) is 13.2 Å². The maximum absolute atomic E-state index is 13.1. The van der Waals surface area contributed by atoms with Crippen molar-refractivity contribution in [1.29, 1.82) is 0 Å². The molecule has 156 valence electrons. The Morgan fingerprint density at radius 2 is 1.62 bits per heavy atom. The molecule has 0 aromatic heterocycles. The average Bonchev–Trinajstić information content (AvgIpc) is 3.07. The third kappa shape index (κ3) is 3.93. The molecule has 2 aliphatic rings. The van der Waals surface area contributed by atoms with Crippen LogP contribution in [0.5, 0.6) is 11.5 Å². The summed E-state index contributed by atoms with van der Waals surface area (Å²) in [5.41, 5.74) is -0.0976. The van der Waals surface area contributed by atoms with Crippen LogP contribution >= 0.6 is 0 Å². The summed E-state index contributed by atoms with van der Waals surface area (Å²) in [5, 5.41) is 0. The van der Waals surface area contributed by atoms with Crippen molar-refractivity contribution in [2.45, 2.75) is 36.4 Å². The Bertz CT molecular complexity index is 990. The largest absolute Gasteiger partial charge is 0.490 e. The van der Waals surface area contributed by atoms with Crippen molar-refractivity contribution in [3.63, 3.8) is 0 Å². The van der Waals surface area contributed by atoms with E-state index in [-0.39, 0.29) is 4.90 Å². The van der Waals surface area contributed by atoms with Gasteiger partial charge < -0.3 is 9.47 Å². The van der Waals surface area contributed by atoms with E-state index in [2.05, 4.69) is 0 Å². The number of nitrogens with zero attached hydrogens (tertiary/aromatic N) is 1. The first kappa shape index (κ1) is 20.0. The van der Waals surface area contributed by atoms with E-state index in [0.29, 0.717) is 44.1 Å². The van der Waals surface area contributed by atoms with Crippen LogP contribution in [-0.2, 0) is 16.2 Å².